The van der Waals surface area contributed by atoms with E-state index in [1.165, 1.54) is 0 Å². The first-order valence-electron chi connectivity index (χ1n) is 3.38. The van der Waals surface area contributed by atoms with E-state index in [2.05, 4.69) is 5.16 Å². The summed E-state index contributed by atoms with van der Waals surface area (Å²) in [6, 6.07) is 3.80. The highest BCUT2D eigenvalue weighted by molar-refractivity contribution is 5.97. The summed E-state index contributed by atoms with van der Waals surface area (Å²) >= 11 is 0. The van der Waals surface area contributed by atoms with E-state index >= 15 is 0 Å². The molecule has 0 fully saturated rings. The van der Waals surface area contributed by atoms with Gasteiger partial charge in [0.2, 0.25) is 0 Å². The highest BCUT2D eigenvalue weighted by atomic mass is 16.4. The van der Waals surface area contributed by atoms with Crippen molar-refractivity contribution < 1.29 is 9.77 Å². The molecule has 11 heavy (non-hydrogen) atoms. The highest BCUT2D eigenvalue weighted by Gasteiger charge is 1.98. The molecule has 1 N–H and O–H groups in total. The van der Waals surface area contributed by atoms with E-state index in [-0.39, 0.29) is 0 Å². The van der Waals surface area contributed by atoms with Crippen molar-refractivity contribution in [2.24, 2.45) is 12.2 Å². The minimum atomic E-state index is 0.630. The lowest BCUT2D eigenvalue weighted by Crippen LogP contribution is -2.26. The Bertz CT molecular complexity index is 264. The van der Waals surface area contributed by atoms with Gasteiger partial charge in [0, 0.05) is 17.7 Å². The largest absolute Gasteiger partial charge is 0.411 e. The van der Waals surface area contributed by atoms with E-state index in [4.69, 9.17) is 5.21 Å². The second-order valence-electron chi connectivity index (χ2n) is 2.44. The van der Waals surface area contributed by atoms with Crippen molar-refractivity contribution >= 4 is 5.71 Å². The summed E-state index contributed by atoms with van der Waals surface area (Å²) in [4.78, 5) is 0. The molecule has 0 aliphatic heterocycles. The van der Waals surface area contributed by atoms with Gasteiger partial charge in [0.05, 0.1) is 5.71 Å². The summed E-state index contributed by atoms with van der Waals surface area (Å²) in [6.07, 6.45) is 3.81. The smallest absolute Gasteiger partial charge is 0.169 e. The van der Waals surface area contributed by atoms with Gasteiger partial charge in [-0.1, -0.05) is 5.16 Å². The maximum Gasteiger partial charge on any atom is 0.169 e. The predicted octanol–water partition coefficient (Wildman–Crippen LogP) is 0.709. The Kier molecular flexibility index (Phi) is 2.21. The van der Waals surface area contributed by atoms with Crippen LogP contribution >= 0.6 is 0 Å². The number of pyridine rings is 1. The fraction of sp³-hybridized carbons (Fsp3) is 0.250. The van der Waals surface area contributed by atoms with E-state index in [1.54, 1.807) is 6.92 Å². The summed E-state index contributed by atoms with van der Waals surface area (Å²) in [5.74, 6) is 0. The van der Waals surface area contributed by atoms with Gasteiger partial charge < -0.3 is 5.21 Å². The van der Waals surface area contributed by atoms with E-state index in [0.717, 1.165) is 5.56 Å². The SMILES string of the molecule is CC(=NO)c1cc[n+](C)cc1. The molecular weight excluding hydrogens is 140 g/mol. The number of rotatable bonds is 1. The molecule has 0 saturated heterocycles. The number of hydrogen-bond acceptors (Lipinski definition) is 2. The average molecular weight is 151 g/mol. The summed E-state index contributed by atoms with van der Waals surface area (Å²) in [6.45, 7) is 1.76. The van der Waals surface area contributed by atoms with Gasteiger partial charge in [0.15, 0.2) is 12.4 Å². The van der Waals surface area contributed by atoms with Gasteiger partial charge in [-0.15, -0.1) is 0 Å². The third-order valence-corrected chi connectivity index (χ3v) is 1.55. The van der Waals surface area contributed by atoms with Crippen LogP contribution in [0, 0.1) is 0 Å². The fourth-order valence-electron chi connectivity index (χ4n) is 0.800. The third kappa shape index (κ3) is 1.77. The molecule has 1 aromatic heterocycles. The summed E-state index contributed by atoms with van der Waals surface area (Å²) in [5.41, 5.74) is 1.57. The van der Waals surface area contributed by atoms with Crippen LogP contribution in [-0.2, 0) is 7.05 Å². The Balaban J connectivity index is 2.99. The van der Waals surface area contributed by atoms with Gasteiger partial charge in [0.1, 0.15) is 7.05 Å². The molecule has 0 bridgehead atoms. The van der Waals surface area contributed by atoms with Crippen molar-refractivity contribution in [2.75, 3.05) is 0 Å². The van der Waals surface area contributed by atoms with Crippen LogP contribution in [0.3, 0.4) is 0 Å². The zero-order valence-electron chi connectivity index (χ0n) is 6.65. The molecule has 58 valence electrons. The molecule has 0 spiro atoms. The van der Waals surface area contributed by atoms with Crippen LogP contribution in [0.15, 0.2) is 29.7 Å². The van der Waals surface area contributed by atoms with Crippen LogP contribution in [0.5, 0.6) is 0 Å². The molecule has 0 aliphatic rings. The van der Waals surface area contributed by atoms with E-state index in [0.29, 0.717) is 5.71 Å². The second kappa shape index (κ2) is 3.14. The molecule has 3 nitrogen and oxygen atoms in total. The van der Waals surface area contributed by atoms with E-state index in [1.807, 2.05) is 36.1 Å². The van der Waals surface area contributed by atoms with Gasteiger partial charge in [0.25, 0.3) is 0 Å². The van der Waals surface area contributed by atoms with Crippen molar-refractivity contribution in [2.45, 2.75) is 6.92 Å². The van der Waals surface area contributed by atoms with Crippen LogP contribution in [0.4, 0.5) is 0 Å². The van der Waals surface area contributed by atoms with Gasteiger partial charge in [-0.05, 0) is 6.92 Å². The van der Waals surface area contributed by atoms with Crippen LogP contribution in [-0.4, -0.2) is 10.9 Å². The molecule has 0 amide bonds. The Morgan fingerprint density at radius 1 is 1.45 bits per heavy atom. The quantitative estimate of drug-likeness (QED) is 0.273. The summed E-state index contributed by atoms with van der Waals surface area (Å²) in [5, 5.41) is 11.5. The third-order valence-electron chi connectivity index (χ3n) is 1.55. The fourth-order valence-corrected chi connectivity index (χ4v) is 0.800. The molecule has 0 aliphatic carbocycles. The number of aromatic nitrogens is 1. The topological polar surface area (TPSA) is 36.5 Å². The number of nitrogens with zero attached hydrogens (tertiary/aromatic N) is 2. The minimum Gasteiger partial charge on any atom is -0.411 e. The zero-order chi connectivity index (χ0) is 8.27. The molecule has 1 heterocycles. The predicted molar refractivity (Wildman–Crippen MR) is 41.6 cm³/mol. The molecule has 0 atom stereocenters. The lowest BCUT2D eigenvalue weighted by molar-refractivity contribution is -0.671. The van der Waals surface area contributed by atoms with Crippen molar-refractivity contribution in [3.05, 3.63) is 30.1 Å². The lowest BCUT2D eigenvalue weighted by Gasteiger charge is -1.94. The van der Waals surface area contributed by atoms with Crippen LogP contribution in [0.1, 0.15) is 12.5 Å². The van der Waals surface area contributed by atoms with Crippen molar-refractivity contribution in [1.82, 2.24) is 0 Å². The van der Waals surface area contributed by atoms with Gasteiger partial charge >= 0.3 is 0 Å². The van der Waals surface area contributed by atoms with Crippen molar-refractivity contribution in [3.63, 3.8) is 0 Å². The number of hydrogen-bond donors (Lipinski definition) is 1. The monoisotopic (exact) mass is 151 g/mol. The van der Waals surface area contributed by atoms with Gasteiger partial charge in [-0.25, -0.2) is 4.57 Å². The van der Waals surface area contributed by atoms with Crippen molar-refractivity contribution in [1.29, 1.82) is 0 Å². The van der Waals surface area contributed by atoms with Crippen LogP contribution in [0.25, 0.3) is 0 Å². The Labute approximate surface area is 65.6 Å². The molecule has 3 heteroatoms. The van der Waals surface area contributed by atoms with Crippen LogP contribution < -0.4 is 4.57 Å². The first-order valence-corrected chi connectivity index (χ1v) is 3.38. The maximum absolute atomic E-state index is 8.44. The molecule has 0 radical (unpaired) electrons. The van der Waals surface area contributed by atoms with Gasteiger partial charge in [-0.2, -0.15) is 0 Å². The lowest BCUT2D eigenvalue weighted by atomic mass is 10.2. The standard InChI is InChI=1S/C8H10N2O/c1-7(9-11)8-3-5-10(2)6-4-8/h3-6H,1-2H3/p+1. The van der Waals surface area contributed by atoms with Crippen molar-refractivity contribution in [3.8, 4) is 0 Å². The number of aryl methyl sites for hydroxylation is 1. The van der Waals surface area contributed by atoms with E-state index < -0.39 is 0 Å². The Morgan fingerprint density at radius 2 is 2.00 bits per heavy atom. The zero-order valence-corrected chi connectivity index (χ0v) is 6.65. The first-order chi connectivity index (χ1) is 5.24. The van der Waals surface area contributed by atoms with Crippen LogP contribution in [0.2, 0.25) is 0 Å². The number of oxime groups is 1. The molecular formula is C8H11N2O+. The summed E-state index contributed by atoms with van der Waals surface area (Å²) in [7, 11) is 1.94. The Morgan fingerprint density at radius 3 is 2.45 bits per heavy atom. The highest BCUT2D eigenvalue weighted by Crippen LogP contribution is 1.96. The first kappa shape index (κ1) is 7.72. The maximum atomic E-state index is 8.44. The average Bonchev–Trinajstić information content (AvgIpc) is 2.05. The normalized spacial score (nSPS) is 11.6. The minimum absolute atomic E-state index is 0.630. The van der Waals surface area contributed by atoms with E-state index in [9.17, 15) is 0 Å². The molecule has 1 aromatic rings. The second-order valence-corrected chi connectivity index (χ2v) is 2.44. The summed E-state index contributed by atoms with van der Waals surface area (Å²) < 4.78 is 1.92. The molecule has 0 saturated carbocycles. The Hall–Kier alpha value is -1.38. The molecule has 0 aromatic carbocycles. The molecule has 1 rings (SSSR count). The van der Waals surface area contributed by atoms with Gasteiger partial charge in [-0.3, -0.25) is 0 Å². The molecule has 0 unspecified atom stereocenters.